The number of anilines is 1. The van der Waals surface area contributed by atoms with Crippen molar-refractivity contribution in [2.45, 2.75) is 6.54 Å². The average molecular weight is 259 g/mol. The Bertz CT molecular complexity index is 583. The number of rotatable bonds is 3. The summed E-state index contributed by atoms with van der Waals surface area (Å²) in [5, 5.41) is 0. The molecule has 0 bridgehead atoms. The molecule has 0 radical (unpaired) electrons. The summed E-state index contributed by atoms with van der Waals surface area (Å²) in [5.74, 6) is -0.741. The first kappa shape index (κ1) is 13.0. The normalized spacial score (nSPS) is 10.2. The van der Waals surface area contributed by atoms with Crippen LogP contribution >= 0.6 is 0 Å². The molecule has 2 N–H and O–H groups in total. The maximum Gasteiger partial charge on any atom is 0.272 e. The lowest BCUT2D eigenvalue weighted by Gasteiger charge is -2.17. The van der Waals surface area contributed by atoms with Gasteiger partial charge >= 0.3 is 0 Å². The van der Waals surface area contributed by atoms with Crippen LogP contribution in [0.25, 0.3) is 0 Å². The first-order valence-electron chi connectivity index (χ1n) is 5.78. The number of carbonyl (C=O) groups excluding carboxylic acids is 1. The molecule has 1 aromatic heterocycles. The molecule has 2 aromatic rings. The van der Waals surface area contributed by atoms with Gasteiger partial charge < -0.3 is 10.6 Å². The zero-order chi connectivity index (χ0) is 13.8. The third-order valence-electron chi connectivity index (χ3n) is 2.76. The van der Waals surface area contributed by atoms with E-state index in [0.29, 0.717) is 12.2 Å². The van der Waals surface area contributed by atoms with Crippen LogP contribution < -0.4 is 5.73 Å². The van der Waals surface area contributed by atoms with E-state index in [4.69, 9.17) is 5.73 Å². The van der Waals surface area contributed by atoms with Gasteiger partial charge in [-0.1, -0.05) is 18.2 Å². The van der Waals surface area contributed by atoms with Gasteiger partial charge in [0.2, 0.25) is 0 Å². The molecule has 0 aliphatic carbocycles. The lowest BCUT2D eigenvalue weighted by atomic mass is 10.1. The van der Waals surface area contributed by atoms with Gasteiger partial charge in [-0.25, -0.2) is 9.37 Å². The van der Waals surface area contributed by atoms with Crippen LogP contribution in [0.5, 0.6) is 0 Å². The third kappa shape index (κ3) is 3.07. The van der Waals surface area contributed by atoms with Crippen LogP contribution in [0.3, 0.4) is 0 Å². The van der Waals surface area contributed by atoms with E-state index in [0.717, 1.165) is 11.8 Å². The fourth-order valence-electron chi connectivity index (χ4n) is 1.70. The van der Waals surface area contributed by atoms with Crippen molar-refractivity contribution in [2.24, 2.45) is 0 Å². The van der Waals surface area contributed by atoms with Gasteiger partial charge in [-0.3, -0.25) is 4.79 Å². The van der Waals surface area contributed by atoms with Crippen LogP contribution in [0.4, 0.5) is 10.1 Å². The first-order chi connectivity index (χ1) is 9.08. The van der Waals surface area contributed by atoms with Crippen molar-refractivity contribution in [1.29, 1.82) is 0 Å². The van der Waals surface area contributed by atoms with Gasteiger partial charge in [0.1, 0.15) is 11.5 Å². The van der Waals surface area contributed by atoms with E-state index >= 15 is 0 Å². The average Bonchev–Trinajstić information content (AvgIpc) is 2.41. The maximum absolute atomic E-state index is 12.7. The minimum atomic E-state index is -0.466. The van der Waals surface area contributed by atoms with Crippen LogP contribution in [-0.4, -0.2) is 22.8 Å². The van der Waals surface area contributed by atoms with Crippen LogP contribution in [0.1, 0.15) is 16.1 Å². The van der Waals surface area contributed by atoms with Gasteiger partial charge in [-0.05, 0) is 23.8 Å². The number of carbonyl (C=O) groups is 1. The predicted octanol–water partition coefficient (Wildman–Crippen LogP) is 2.08. The highest BCUT2D eigenvalue weighted by Crippen LogP contribution is 2.13. The number of hydrogen-bond donors (Lipinski definition) is 1. The van der Waals surface area contributed by atoms with Crippen LogP contribution in [-0.2, 0) is 6.54 Å². The Balaban J connectivity index is 2.12. The zero-order valence-electron chi connectivity index (χ0n) is 10.5. The van der Waals surface area contributed by atoms with Crippen LogP contribution in [0.15, 0.2) is 42.6 Å². The smallest absolute Gasteiger partial charge is 0.272 e. The SMILES string of the molecule is CN(Cc1ccccc1N)C(=O)c1ccc(F)cn1. The number of para-hydroxylation sites is 1. The topological polar surface area (TPSA) is 59.2 Å². The number of nitrogens with two attached hydrogens (primary N) is 1. The molecule has 1 heterocycles. The summed E-state index contributed by atoms with van der Waals surface area (Å²) in [6.07, 6.45) is 1.03. The Morgan fingerprint density at radius 3 is 2.68 bits per heavy atom. The molecule has 5 heteroatoms. The number of hydrogen-bond acceptors (Lipinski definition) is 3. The van der Waals surface area contributed by atoms with E-state index in [1.165, 1.54) is 17.0 Å². The van der Waals surface area contributed by atoms with Gasteiger partial charge in [0.25, 0.3) is 5.91 Å². The van der Waals surface area contributed by atoms with E-state index in [2.05, 4.69) is 4.98 Å². The number of nitrogen functional groups attached to an aromatic ring is 1. The summed E-state index contributed by atoms with van der Waals surface area (Å²) in [5.41, 5.74) is 7.53. The van der Waals surface area contributed by atoms with Gasteiger partial charge in [0.15, 0.2) is 0 Å². The van der Waals surface area contributed by atoms with E-state index in [1.54, 1.807) is 13.1 Å². The van der Waals surface area contributed by atoms with Crippen LogP contribution in [0.2, 0.25) is 0 Å². The summed E-state index contributed by atoms with van der Waals surface area (Å²) in [6, 6.07) is 9.91. The largest absolute Gasteiger partial charge is 0.398 e. The third-order valence-corrected chi connectivity index (χ3v) is 2.76. The Hall–Kier alpha value is -2.43. The van der Waals surface area contributed by atoms with Gasteiger partial charge in [-0.2, -0.15) is 0 Å². The molecule has 0 atom stereocenters. The number of aromatic nitrogens is 1. The molecule has 98 valence electrons. The Kier molecular flexibility index (Phi) is 3.75. The minimum absolute atomic E-state index is 0.207. The van der Waals surface area contributed by atoms with Crippen molar-refractivity contribution >= 4 is 11.6 Å². The quantitative estimate of drug-likeness (QED) is 0.858. The molecule has 4 nitrogen and oxygen atoms in total. The molecule has 1 aromatic carbocycles. The van der Waals surface area contributed by atoms with Gasteiger partial charge in [0, 0.05) is 19.3 Å². The minimum Gasteiger partial charge on any atom is -0.398 e. The second-order valence-electron chi connectivity index (χ2n) is 4.22. The Morgan fingerprint density at radius 2 is 2.05 bits per heavy atom. The first-order valence-corrected chi connectivity index (χ1v) is 5.78. The second kappa shape index (κ2) is 5.48. The van der Waals surface area contributed by atoms with E-state index < -0.39 is 5.82 Å². The summed E-state index contributed by atoms with van der Waals surface area (Å²) >= 11 is 0. The van der Waals surface area contributed by atoms with Crippen molar-refractivity contribution in [3.05, 3.63) is 59.7 Å². The molecule has 19 heavy (non-hydrogen) atoms. The van der Waals surface area contributed by atoms with Crippen molar-refractivity contribution in [3.63, 3.8) is 0 Å². The van der Waals surface area contributed by atoms with E-state index in [1.807, 2.05) is 18.2 Å². The highest BCUT2D eigenvalue weighted by molar-refractivity contribution is 5.92. The Morgan fingerprint density at radius 1 is 1.32 bits per heavy atom. The van der Waals surface area contributed by atoms with Crippen molar-refractivity contribution in [2.75, 3.05) is 12.8 Å². The molecule has 0 aliphatic rings. The van der Waals surface area contributed by atoms with E-state index in [9.17, 15) is 9.18 Å². The summed E-state index contributed by atoms with van der Waals surface area (Å²) < 4.78 is 12.7. The molecular formula is C14H14FN3O. The Labute approximate surface area is 110 Å². The highest BCUT2D eigenvalue weighted by atomic mass is 19.1. The fourth-order valence-corrected chi connectivity index (χ4v) is 1.70. The number of benzene rings is 1. The molecular weight excluding hydrogens is 245 g/mol. The molecule has 0 saturated heterocycles. The van der Waals surface area contributed by atoms with Crippen molar-refractivity contribution in [3.8, 4) is 0 Å². The number of halogens is 1. The molecule has 0 saturated carbocycles. The second-order valence-corrected chi connectivity index (χ2v) is 4.22. The van der Waals surface area contributed by atoms with E-state index in [-0.39, 0.29) is 11.6 Å². The van der Waals surface area contributed by atoms with Crippen molar-refractivity contribution in [1.82, 2.24) is 9.88 Å². The summed E-state index contributed by atoms with van der Waals surface area (Å²) in [7, 11) is 1.65. The van der Waals surface area contributed by atoms with Crippen molar-refractivity contribution < 1.29 is 9.18 Å². The zero-order valence-corrected chi connectivity index (χ0v) is 10.5. The predicted molar refractivity (Wildman–Crippen MR) is 70.8 cm³/mol. The number of pyridine rings is 1. The standard InChI is InChI=1S/C14H14FN3O/c1-18(9-10-4-2-3-5-12(10)16)14(19)13-7-6-11(15)8-17-13/h2-8H,9,16H2,1H3. The van der Waals surface area contributed by atoms with Gasteiger partial charge in [-0.15, -0.1) is 0 Å². The number of nitrogens with zero attached hydrogens (tertiary/aromatic N) is 2. The molecule has 0 unspecified atom stereocenters. The monoisotopic (exact) mass is 259 g/mol. The number of amides is 1. The molecule has 1 amide bonds. The summed E-state index contributed by atoms with van der Waals surface area (Å²) in [4.78, 5) is 17.3. The molecule has 0 aliphatic heterocycles. The van der Waals surface area contributed by atoms with Gasteiger partial charge in [0.05, 0.1) is 6.20 Å². The highest BCUT2D eigenvalue weighted by Gasteiger charge is 2.14. The molecule has 0 spiro atoms. The van der Waals surface area contributed by atoms with Crippen LogP contribution in [0, 0.1) is 5.82 Å². The molecule has 2 rings (SSSR count). The lowest BCUT2D eigenvalue weighted by molar-refractivity contribution is 0.0779. The molecule has 0 fully saturated rings. The fraction of sp³-hybridized carbons (Fsp3) is 0.143. The summed E-state index contributed by atoms with van der Waals surface area (Å²) in [6.45, 7) is 0.380. The lowest BCUT2D eigenvalue weighted by Crippen LogP contribution is -2.27. The maximum atomic E-state index is 12.7.